The Labute approximate surface area is 128 Å². The van der Waals surface area contributed by atoms with Crippen LogP contribution in [0.4, 0.5) is 0 Å². The Morgan fingerprint density at radius 2 is 2.29 bits per heavy atom. The van der Waals surface area contributed by atoms with Crippen molar-refractivity contribution in [3.8, 4) is 0 Å². The Balaban J connectivity index is 1.79. The van der Waals surface area contributed by atoms with E-state index >= 15 is 0 Å². The van der Waals surface area contributed by atoms with Crippen molar-refractivity contribution in [2.75, 3.05) is 26.9 Å². The summed E-state index contributed by atoms with van der Waals surface area (Å²) in [4.78, 5) is 0. The van der Waals surface area contributed by atoms with Gasteiger partial charge in [-0.3, -0.25) is 4.68 Å². The summed E-state index contributed by atoms with van der Waals surface area (Å²) in [6, 6.07) is 0. The molecule has 1 aliphatic rings. The van der Waals surface area contributed by atoms with Crippen LogP contribution in [0.15, 0.2) is 0 Å². The number of methoxy groups -OCH3 is 1. The van der Waals surface area contributed by atoms with E-state index in [4.69, 9.17) is 9.47 Å². The maximum absolute atomic E-state index is 5.67. The van der Waals surface area contributed by atoms with Gasteiger partial charge in [0.2, 0.25) is 0 Å². The summed E-state index contributed by atoms with van der Waals surface area (Å²) in [5, 5.41) is 8.08. The van der Waals surface area contributed by atoms with E-state index in [-0.39, 0.29) is 0 Å². The summed E-state index contributed by atoms with van der Waals surface area (Å²) >= 11 is 0. The average molecular weight is 295 g/mol. The quantitative estimate of drug-likeness (QED) is 0.710. The van der Waals surface area contributed by atoms with Crippen LogP contribution in [0.1, 0.15) is 42.6 Å². The SMILES string of the molecule is COCCNCc1c(C)nn(CCCC2CCCO2)c1C. The van der Waals surface area contributed by atoms with Gasteiger partial charge in [0, 0.05) is 44.6 Å². The molecule has 1 saturated heterocycles. The van der Waals surface area contributed by atoms with Gasteiger partial charge in [-0.25, -0.2) is 0 Å². The molecule has 1 fully saturated rings. The Hall–Kier alpha value is -0.910. The lowest BCUT2D eigenvalue weighted by Gasteiger charge is -2.10. The smallest absolute Gasteiger partial charge is 0.0641 e. The maximum atomic E-state index is 5.67. The molecule has 1 atom stereocenters. The molecule has 0 amide bonds. The van der Waals surface area contributed by atoms with E-state index in [0.717, 1.165) is 51.4 Å². The van der Waals surface area contributed by atoms with Gasteiger partial charge in [0.1, 0.15) is 0 Å². The van der Waals surface area contributed by atoms with Crippen molar-refractivity contribution in [1.29, 1.82) is 0 Å². The van der Waals surface area contributed by atoms with Gasteiger partial charge in [0.15, 0.2) is 0 Å². The topological polar surface area (TPSA) is 48.3 Å². The zero-order valence-corrected chi connectivity index (χ0v) is 13.7. The Kier molecular flexibility index (Phi) is 6.67. The van der Waals surface area contributed by atoms with E-state index in [2.05, 4.69) is 28.9 Å². The fraction of sp³-hybridized carbons (Fsp3) is 0.812. The van der Waals surface area contributed by atoms with Gasteiger partial charge in [0.05, 0.1) is 18.4 Å². The fourth-order valence-corrected chi connectivity index (χ4v) is 2.94. The highest BCUT2D eigenvalue weighted by atomic mass is 16.5. The average Bonchev–Trinajstić information content (AvgIpc) is 3.06. The molecule has 1 aliphatic heterocycles. The molecule has 0 bridgehead atoms. The van der Waals surface area contributed by atoms with Gasteiger partial charge in [-0.15, -0.1) is 0 Å². The number of rotatable bonds is 9. The minimum absolute atomic E-state index is 0.483. The molecule has 2 heterocycles. The molecule has 0 spiro atoms. The molecular formula is C16H29N3O2. The van der Waals surface area contributed by atoms with Crippen molar-refractivity contribution in [2.45, 2.75) is 58.7 Å². The molecule has 0 aromatic carbocycles. The van der Waals surface area contributed by atoms with Gasteiger partial charge >= 0.3 is 0 Å². The second-order valence-electron chi connectivity index (χ2n) is 5.82. The fourth-order valence-electron chi connectivity index (χ4n) is 2.94. The van der Waals surface area contributed by atoms with Crippen LogP contribution in [-0.2, 0) is 22.6 Å². The van der Waals surface area contributed by atoms with Crippen molar-refractivity contribution in [1.82, 2.24) is 15.1 Å². The molecular weight excluding hydrogens is 266 g/mol. The Bertz CT molecular complexity index is 425. The molecule has 2 rings (SSSR count). The molecule has 120 valence electrons. The van der Waals surface area contributed by atoms with Crippen LogP contribution in [0, 0.1) is 13.8 Å². The second-order valence-corrected chi connectivity index (χ2v) is 5.82. The highest BCUT2D eigenvalue weighted by Gasteiger charge is 2.16. The van der Waals surface area contributed by atoms with Crippen LogP contribution in [0.2, 0.25) is 0 Å². The van der Waals surface area contributed by atoms with Crippen LogP contribution in [0.25, 0.3) is 0 Å². The lowest BCUT2D eigenvalue weighted by Crippen LogP contribution is -2.19. The van der Waals surface area contributed by atoms with Gasteiger partial charge in [0.25, 0.3) is 0 Å². The number of ether oxygens (including phenoxy) is 2. The highest BCUT2D eigenvalue weighted by Crippen LogP contribution is 2.18. The first-order chi connectivity index (χ1) is 10.2. The van der Waals surface area contributed by atoms with Crippen molar-refractivity contribution >= 4 is 0 Å². The first kappa shape index (κ1) is 16.5. The first-order valence-electron chi connectivity index (χ1n) is 8.06. The van der Waals surface area contributed by atoms with Gasteiger partial charge in [-0.2, -0.15) is 5.10 Å². The number of hydrogen-bond donors (Lipinski definition) is 1. The summed E-state index contributed by atoms with van der Waals surface area (Å²) in [5.74, 6) is 0. The Morgan fingerprint density at radius 1 is 1.43 bits per heavy atom. The monoisotopic (exact) mass is 295 g/mol. The van der Waals surface area contributed by atoms with Crippen LogP contribution < -0.4 is 5.32 Å². The third-order valence-electron chi connectivity index (χ3n) is 4.24. The molecule has 21 heavy (non-hydrogen) atoms. The molecule has 5 nitrogen and oxygen atoms in total. The van der Waals surface area contributed by atoms with Crippen LogP contribution in [-0.4, -0.2) is 42.8 Å². The van der Waals surface area contributed by atoms with Crippen LogP contribution in [0.3, 0.4) is 0 Å². The molecule has 0 aliphatic carbocycles. The van der Waals surface area contributed by atoms with E-state index in [0.29, 0.717) is 6.10 Å². The zero-order valence-electron chi connectivity index (χ0n) is 13.7. The minimum Gasteiger partial charge on any atom is -0.383 e. The maximum Gasteiger partial charge on any atom is 0.0641 e. The van der Waals surface area contributed by atoms with Gasteiger partial charge < -0.3 is 14.8 Å². The van der Waals surface area contributed by atoms with Gasteiger partial charge in [-0.05, 0) is 39.5 Å². The molecule has 5 heteroatoms. The first-order valence-corrected chi connectivity index (χ1v) is 8.06. The number of nitrogens with one attached hydrogen (secondary N) is 1. The van der Waals surface area contributed by atoms with E-state index < -0.39 is 0 Å². The van der Waals surface area contributed by atoms with Crippen LogP contribution in [0.5, 0.6) is 0 Å². The van der Waals surface area contributed by atoms with E-state index in [1.165, 1.54) is 24.1 Å². The number of aromatic nitrogens is 2. The molecule has 1 aromatic rings. The normalized spacial score (nSPS) is 18.5. The number of nitrogens with zero attached hydrogens (tertiary/aromatic N) is 2. The van der Waals surface area contributed by atoms with Crippen molar-refractivity contribution < 1.29 is 9.47 Å². The molecule has 1 unspecified atom stereocenters. The number of aryl methyl sites for hydroxylation is 2. The van der Waals surface area contributed by atoms with E-state index in [9.17, 15) is 0 Å². The second kappa shape index (κ2) is 8.51. The third-order valence-corrected chi connectivity index (χ3v) is 4.24. The summed E-state index contributed by atoms with van der Waals surface area (Å²) < 4.78 is 12.9. The van der Waals surface area contributed by atoms with E-state index in [1.54, 1.807) is 7.11 Å². The zero-order chi connectivity index (χ0) is 15.1. The van der Waals surface area contributed by atoms with Crippen molar-refractivity contribution in [2.24, 2.45) is 0 Å². The summed E-state index contributed by atoms with van der Waals surface area (Å²) in [7, 11) is 1.73. The number of hydrogen-bond acceptors (Lipinski definition) is 4. The summed E-state index contributed by atoms with van der Waals surface area (Å²) in [6.07, 6.45) is 5.23. The summed E-state index contributed by atoms with van der Waals surface area (Å²) in [6.45, 7) is 8.68. The standard InChI is InChI=1S/C16H29N3O2/c1-13-16(12-17-8-11-20-3)14(2)19(18-13)9-4-6-15-7-5-10-21-15/h15,17H,4-12H2,1-3H3. The van der Waals surface area contributed by atoms with E-state index in [1.807, 2.05) is 0 Å². The highest BCUT2D eigenvalue weighted by molar-refractivity contribution is 5.24. The molecule has 1 aromatic heterocycles. The van der Waals surface area contributed by atoms with Gasteiger partial charge in [-0.1, -0.05) is 0 Å². The Morgan fingerprint density at radius 3 is 3.00 bits per heavy atom. The molecule has 1 N–H and O–H groups in total. The third kappa shape index (κ3) is 4.80. The van der Waals surface area contributed by atoms with Crippen molar-refractivity contribution in [3.63, 3.8) is 0 Å². The summed E-state index contributed by atoms with van der Waals surface area (Å²) in [5.41, 5.74) is 3.74. The predicted octanol–water partition coefficient (Wildman–Crippen LogP) is 2.20. The van der Waals surface area contributed by atoms with Crippen molar-refractivity contribution in [3.05, 3.63) is 17.0 Å². The molecule has 0 radical (unpaired) electrons. The lowest BCUT2D eigenvalue weighted by molar-refractivity contribution is 0.101. The lowest BCUT2D eigenvalue weighted by atomic mass is 10.1. The predicted molar refractivity (Wildman–Crippen MR) is 83.5 cm³/mol. The largest absolute Gasteiger partial charge is 0.383 e. The minimum atomic E-state index is 0.483. The van der Waals surface area contributed by atoms with Crippen LogP contribution >= 0.6 is 0 Å². The molecule has 0 saturated carbocycles.